The van der Waals surface area contributed by atoms with E-state index < -0.39 is 26.8 Å². The summed E-state index contributed by atoms with van der Waals surface area (Å²) in [6.45, 7) is 3.95. The monoisotopic (exact) mass is 369 g/mol. The molecule has 25 heavy (non-hydrogen) atoms. The van der Waals surface area contributed by atoms with Crippen molar-refractivity contribution in [3.63, 3.8) is 0 Å². The van der Waals surface area contributed by atoms with Crippen molar-refractivity contribution in [1.82, 2.24) is 9.88 Å². The highest BCUT2D eigenvalue weighted by Crippen LogP contribution is 2.26. The van der Waals surface area contributed by atoms with E-state index in [0.29, 0.717) is 5.69 Å². The lowest BCUT2D eigenvalue weighted by Gasteiger charge is -2.22. The molecule has 1 heterocycles. The predicted octanol–water partition coefficient (Wildman–Crippen LogP) is 2.44. The summed E-state index contributed by atoms with van der Waals surface area (Å²) in [7, 11) is -3.55. The highest BCUT2D eigenvalue weighted by molar-refractivity contribution is 7.90. The van der Waals surface area contributed by atoms with Gasteiger partial charge in [-0.1, -0.05) is 17.3 Å². The van der Waals surface area contributed by atoms with Gasteiger partial charge in [0.1, 0.15) is 5.67 Å². The molecule has 0 bridgehead atoms. The third-order valence-electron chi connectivity index (χ3n) is 3.63. The number of alkyl halides is 1. The van der Waals surface area contributed by atoms with Crippen LogP contribution in [0.3, 0.4) is 0 Å². The fourth-order valence-corrected chi connectivity index (χ4v) is 2.74. The molecule has 0 saturated carbocycles. The number of nitrogens with one attached hydrogen (secondary N) is 2. The number of rotatable bonds is 7. The van der Waals surface area contributed by atoms with Gasteiger partial charge in [0.05, 0.1) is 11.4 Å². The summed E-state index contributed by atoms with van der Waals surface area (Å²) in [4.78, 5) is 11.8. The number of anilines is 1. The number of hydrogen-bond acceptors (Lipinski definition) is 5. The lowest BCUT2D eigenvalue weighted by molar-refractivity contribution is 0.0988. The number of hydrogen-bond donors (Lipinski definition) is 2. The first-order valence-corrected chi connectivity index (χ1v) is 9.16. The average Bonchev–Trinajstić information content (AvgIpc) is 3.08. The zero-order valence-electron chi connectivity index (χ0n) is 14.1. The Labute approximate surface area is 145 Å². The van der Waals surface area contributed by atoms with Gasteiger partial charge in [0.2, 0.25) is 15.8 Å². The molecule has 136 valence electrons. The molecule has 0 spiro atoms. The molecule has 2 N–H and O–H groups in total. The Bertz CT molecular complexity index is 816. The topological polar surface area (TPSA) is 101 Å². The molecule has 1 unspecified atom stereocenters. The average molecular weight is 369 g/mol. The van der Waals surface area contributed by atoms with E-state index in [4.69, 9.17) is 4.52 Å². The zero-order valence-corrected chi connectivity index (χ0v) is 14.9. The van der Waals surface area contributed by atoms with Crippen LogP contribution < -0.4 is 10.0 Å². The number of aromatic nitrogens is 1. The van der Waals surface area contributed by atoms with Crippen molar-refractivity contribution in [2.75, 3.05) is 11.9 Å². The minimum Gasteiger partial charge on any atom is -0.351 e. The fourth-order valence-electron chi connectivity index (χ4n) is 1.93. The van der Waals surface area contributed by atoms with Crippen LogP contribution in [-0.4, -0.2) is 31.3 Å². The van der Waals surface area contributed by atoms with Gasteiger partial charge in [-0.3, -0.25) is 4.79 Å². The molecule has 0 aliphatic carbocycles. The number of halogens is 1. The molecule has 2 rings (SSSR count). The van der Waals surface area contributed by atoms with Crippen LogP contribution >= 0.6 is 0 Å². The first-order valence-electron chi connectivity index (χ1n) is 7.62. The molecular formula is C16H20FN3O4S. The summed E-state index contributed by atoms with van der Waals surface area (Å²) < 4.78 is 45.3. The Morgan fingerprint density at radius 3 is 2.44 bits per heavy atom. The number of sulfonamides is 1. The summed E-state index contributed by atoms with van der Waals surface area (Å²) in [6, 6.07) is 7.44. The molecule has 1 aromatic carbocycles. The van der Waals surface area contributed by atoms with Gasteiger partial charge in [0, 0.05) is 18.3 Å². The van der Waals surface area contributed by atoms with Crippen LogP contribution in [0.25, 0.3) is 0 Å². The van der Waals surface area contributed by atoms with E-state index in [9.17, 15) is 17.6 Å². The SMILES string of the molecule is CC(C)S(=O)(=O)NCC(C)(F)c1ccc(NC(=O)c2ccno2)cc1. The molecule has 1 aromatic heterocycles. The molecule has 0 radical (unpaired) electrons. The Morgan fingerprint density at radius 2 is 1.92 bits per heavy atom. The summed E-state index contributed by atoms with van der Waals surface area (Å²) in [5.41, 5.74) is -1.16. The van der Waals surface area contributed by atoms with Gasteiger partial charge in [-0.2, -0.15) is 0 Å². The molecule has 0 aliphatic rings. The van der Waals surface area contributed by atoms with E-state index in [-0.39, 0.29) is 17.9 Å². The molecule has 0 saturated heterocycles. The summed E-state index contributed by atoms with van der Waals surface area (Å²) in [5.74, 6) is -0.416. The quantitative estimate of drug-likeness (QED) is 0.781. The van der Waals surface area contributed by atoms with Crippen LogP contribution in [0, 0.1) is 0 Å². The molecule has 0 fully saturated rings. The maximum Gasteiger partial charge on any atom is 0.294 e. The minimum atomic E-state index is -3.55. The normalized spacial score (nSPS) is 14.3. The van der Waals surface area contributed by atoms with E-state index in [2.05, 4.69) is 15.2 Å². The van der Waals surface area contributed by atoms with Crippen LogP contribution in [0.5, 0.6) is 0 Å². The fraction of sp³-hybridized carbons (Fsp3) is 0.375. The maximum absolute atomic E-state index is 14.8. The van der Waals surface area contributed by atoms with Crippen LogP contribution in [0.2, 0.25) is 0 Å². The maximum atomic E-state index is 14.8. The van der Waals surface area contributed by atoms with Crippen molar-refractivity contribution < 1.29 is 22.1 Å². The summed E-state index contributed by atoms with van der Waals surface area (Å²) in [6.07, 6.45) is 1.35. The predicted molar refractivity (Wildman–Crippen MR) is 91.4 cm³/mol. The van der Waals surface area contributed by atoms with Crippen molar-refractivity contribution in [3.05, 3.63) is 47.9 Å². The number of nitrogens with zero attached hydrogens (tertiary/aromatic N) is 1. The van der Waals surface area contributed by atoms with Gasteiger partial charge in [-0.25, -0.2) is 17.5 Å². The first kappa shape index (κ1) is 19.1. The summed E-state index contributed by atoms with van der Waals surface area (Å²) in [5, 5.41) is 5.39. The standard InChI is InChI=1S/C16H20FN3O4S/c1-11(2)25(22,23)19-10-16(3,17)12-4-6-13(7-5-12)20-15(21)14-8-9-18-24-14/h4-9,11,19H,10H2,1-3H3,(H,20,21). The van der Waals surface area contributed by atoms with Gasteiger partial charge in [0.15, 0.2) is 0 Å². The van der Waals surface area contributed by atoms with Gasteiger partial charge in [-0.15, -0.1) is 0 Å². The minimum absolute atomic E-state index is 0.0579. The Morgan fingerprint density at radius 1 is 1.28 bits per heavy atom. The Hall–Kier alpha value is -2.26. The van der Waals surface area contributed by atoms with E-state index >= 15 is 0 Å². The number of carbonyl (C=O) groups is 1. The van der Waals surface area contributed by atoms with Crippen molar-refractivity contribution in [2.24, 2.45) is 0 Å². The van der Waals surface area contributed by atoms with E-state index in [1.54, 1.807) is 0 Å². The molecule has 2 aromatic rings. The van der Waals surface area contributed by atoms with Crippen LogP contribution in [-0.2, 0) is 15.7 Å². The van der Waals surface area contributed by atoms with Gasteiger partial charge in [-0.05, 0) is 38.5 Å². The zero-order chi connectivity index (χ0) is 18.7. The molecule has 7 nitrogen and oxygen atoms in total. The van der Waals surface area contributed by atoms with E-state index in [0.717, 1.165) is 0 Å². The molecule has 0 aliphatic heterocycles. The third kappa shape index (κ3) is 4.86. The molecular weight excluding hydrogens is 349 g/mol. The number of amides is 1. The van der Waals surface area contributed by atoms with Crippen LogP contribution in [0.15, 0.2) is 41.1 Å². The second-order valence-corrected chi connectivity index (χ2v) is 8.34. The molecule has 9 heteroatoms. The second-order valence-electron chi connectivity index (χ2n) is 6.02. The highest BCUT2D eigenvalue weighted by atomic mass is 32.2. The van der Waals surface area contributed by atoms with Gasteiger partial charge < -0.3 is 9.84 Å². The smallest absolute Gasteiger partial charge is 0.294 e. The third-order valence-corrected chi connectivity index (χ3v) is 5.42. The Kier molecular flexibility index (Phi) is 5.58. The molecule has 1 atom stereocenters. The Balaban J connectivity index is 2.04. The van der Waals surface area contributed by atoms with Gasteiger partial charge in [0.25, 0.3) is 5.91 Å². The van der Waals surface area contributed by atoms with E-state index in [1.165, 1.54) is 57.3 Å². The van der Waals surface area contributed by atoms with Crippen molar-refractivity contribution in [1.29, 1.82) is 0 Å². The summed E-state index contributed by atoms with van der Waals surface area (Å²) >= 11 is 0. The first-order chi connectivity index (χ1) is 11.6. The van der Waals surface area contributed by atoms with E-state index in [1.807, 2.05) is 0 Å². The number of carbonyl (C=O) groups excluding carboxylic acids is 1. The van der Waals surface area contributed by atoms with Crippen LogP contribution in [0.1, 0.15) is 36.9 Å². The lowest BCUT2D eigenvalue weighted by atomic mass is 9.98. The van der Waals surface area contributed by atoms with Crippen LogP contribution in [0.4, 0.5) is 10.1 Å². The van der Waals surface area contributed by atoms with Gasteiger partial charge >= 0.3 is 0 Å². The highest BCUT2D eigenvalue weighted by Gasteiger charge is 2.29. The molecule has 1 amide bonds. The second kappa shape index (κ2) is 7.32. The largest absolute Gasteiger partial charge is 0.351 e. The van der Waals surface area contributed by atoms with Crippen molar-refractivity contribution in [3.8, 4) is 0 Å². The number of benzene rings is 1. The lowest BCUT2D eigenvalue weighted by Crippen LogP contribution is -2.39. The van der Waals surface area contributed by atoms with Crippen molar-refractivity contribution in [2.45, 2.75) is 31.7 Å². The van der Waals surface area contributed by atoms with Crippen molar-refractivity contribution >= 4 is 21.6 Å².